The molecular formula is C12H16N4O. The number of rotatable bonds is 1. The normalized spacial score (nSPS) is 24.1. The Balaban J connectivity index is 1.91. The standard InChI is InChI=1S/C12H16N4O/c17-11-8-16(9-3-1-5-13-7-9)10-4-2-6-14-12(10)15-11/h2,4,6,9,13H,1,3,5,7-8H2,(H,14,15,17). The second-order valence-electron chi connectivity index (χ2n) is 4.55. The predicted octanol–water partition coefficient (Wildman–Crippen LogP) is 0.592. The van der Waals surface area contributed by atoms with Gasteiger partial charge in [-0.25, -0.2) is 4.98 Å². The molecule has 0 bridgehead atoms. The smallest absolute Gasteiger partial charge is 0.245 e. The van der Waals surface area contributed by atoms with E-state index in [0.717, 1.165) is 25.2 Å². The SMILES string of the molecule is O=C1CN(C2CCCNC2)c2cccnc2N1. The first-order valence-corrected chi connectivity index (χ1v) is 6.07. The van der Waals surface area contributed by atoms with Crippen LogP contribution in [0.2, 0.25) is 0 Å². The Morgan fingerprint density at radius 1 is 1.47 bits per heavy atom. The minimum atomic E-state index is 0.0294. The summed E-state index contributed by atoms with van der Waals surface area (Å²) >= 11 is 0. The van der Waals surface area contributed by atoms with Crippen LogP contribution in [0, 0.1) is 0 Å². The molecule has 2 aliphatic heterocycles. The summed E-state index contributed by atoms with van der Waals surface area (Å²) in [6, 6.07) is 4.34. The lowest BCUT2D eigenvalue weighted by Gasteiger charge is -2.38. The quantitative estimate of drug-likeness (QED) is 0.744. The number of hydrogen-bond acceptors (Lipinski definition) is 4. The van der Waals surface area contributed by atoms with Gasteiger partial charge in [0.25, 0.3) is 0 Å². The second-order valence-corrected chi connectivity index (χ2v) is 4.55. The van der Waals surface area contributed by atoms with Crippen molar-refractivity contribution >= 4 is 17.4 Å². The number of amides is 1. The first-order valence-electron chi connectivity index (χ1n) is 6.07. The van der Waals surface area contributed by atoms with Gasteiger partial charge in [0.1, 0.15) is 0 Å². The monoisotopic (exact) mass is 232 g/mol. The topological polar surface area (TPSA) is 57.3 Å². The Hall–Kier alpha value is -1.62. The first-order chi connectivity index (χ1) is 8.34. The first kappa shape index (κ1) is 10.5. The minimum Gasteiger partial charge on any atom is -0.355 e. The van der Waals surface area contributed by atoms with Gasteiger partial charge in [-0.05, 0) is 31.5 Å². The third-order valence-corrected chi connectivity index (χ3v) is 3.38. The summed E-state index contributed by atoms with van der Waals surface area (Å²) in [6.07, 6.45) is 4.01. The fourth-order valence-electron chi connectivity index (χ4n) is 2.56. The average molecular weight is 232 g/mol. The van der Waals surface area contributed by atoms with Gasteiger partial charge in [0.15, 0.2) is 5.82 Å². The van der Waals surface area contributed by atoms with Gasteiger partial charge in [0.2, 0.25) is 5.91 Å². The van der Waals surface area contributed by atoms with Crippen molar-refractivity contribution in [2.45, 2.75) is 18.9 Å². The maximum atomic E-state index is 11.7. The third kappa shape index (κ3) is 1.98. The van der Waals surface area contributed by atoms with E-state index in [0.29, 0.717) is 18.4 Å². The van der Waals surface area contributed by atoms with Gasteiger partial charge in [-0.2, -0.15) is 0 Å². The Morgan fingerprint density at radius 2 is 2.41 bits per heavy atom. The highest BCUT2D eigenvalue weighted by Gasteiger charge is 2.29. The van der Waals surface area contributed by atoms with E-state index in [1.807, 2.05) is 12.1 Å². The molecule has 5 nitrogen and oxygen atoms in total. The average Bonchev–Trinajstić information content (AvgIpc) is 2.39. The summed E-state index contributed by atoms with van der Waals surface area (Å²) in [5.41, 5.74) is 1.04. The number of nitrogens with zero attached hydrogens (tertiary/aromatic N) is 2. The summed E-state index contributed by atoms with van der Waals surface area (Å²) in [6.45, 7) is 2.46. The summed E-state index contributed by atoms with van der Waals surface area (Å²) in [5.74, 6) is 0.719. The van der Waals surface area contributed by atoms with E-state index in [9.17, 15) is 4.79 Å². The van der Waals surface area contributed by atoms with E-state index in [4.69, 9.17) is 0 Å². The molecule has 3 heterocycles. The Bertz CT molecular complexity index is 428. The molecule has 1 fully saturated rings. The van der Waals surface area contributed by atoms with Gasteiger partial charge >= 0.3 is 0 Å². The fourth-order valence-corrected chi connectivity index (χ4v) is 2.56. The number of fused-ring (bicyclic) bond motifs is 1. The van der Waals surface area contributed by atoms with E-state index < -0.39 is 0 Å². The van der Waals surface area contributed by atoms with Crippen molar-refractivity contribution in [2.75, 3.05) is 29.9 Å². The van der Waals surface area contributed by atoms with Crippen molar-refractivity contribution in [1.82, 2.24) is 10.3 Å². The van der Waals surface area contributed by atoms with Crippen LogP contribution in [-0.4, -0.2) is 36.6 Å². The van der Waals surface area contributed by atoms with E-state index in [1.165, 1.54) is 6.42 Å². The van der Waals surface area contributed by atoms with Crippen LogP contribution in [0.5, 0.6) is 0 Å². The van der Waals surface area contributed by atoms with E-state index in [1.54, 1.807) is 6.20 Å². The van der Waals surface area contributed by atoms with Gasteiger partial charge in [0, 0.05) is 18.8 Å². The number of nitrogens with one attached hydrogen (secondary N) is 2. The minimum absolute atomic E-state index is 0.0294. The highest BCUT2D eigenvalue weighted by atomic mass is 16.2. The molecule has 0 aliphatic carbocycles. The molecule has 90 valence electrons. The molecule has 5 heteroatoms. The molecular weight excluding hydrogens is 216 g/mol. The number of anilines is 2. The van der Waals surface area contributed by atoms with Crippen molar-refractivity contribution in [1.29, 1.82) is 0 Å². The van der Waals surface area contributed by atoms with Crippen LogP contribution in [0.4, 0.5) is 11.5 Å². The molecule has 0 saturated carbocycles. The number of carbonyl (C=O) groups excluding carboxylic acids is 1. The van der Waals surface area contributed by atoms with E-state index in [2.05, 4.69) is 20.5 Å². The lowest BCUT2D eigenvalue weighted by Crippen LogP contribution is -2.51. The molecule has 3 rings (SSSR count). The van der Waals surface area contributed by atoms with Crippen molar-refractivity contribution in [3.05, 3.63) is 18.3 Å². The molecule has 17 heavy (non-hydrogen) atoms. The Morgan fingerprint density at radius 3 is 3.24 bits per heavy atom. The number of aromatic nitrogens is 1. The van der Waals surface area contributed by atoms with Crippen LogP contribution in [0.15, 0.2) is 18.3 Å². The van der Waals surface area contributed by atoms with Crippen LogP contribution in [0.1, 0.15) is 12.8 Å². The molecule has 1 aromatic rings. The summed E-state index contributed by atoms with van der Waals surface area (Å²) in [7, 11) is 0. The lowest BCUT2D eigenvalue weighted by atomic mass is 10.0. The van der Waals surface area contributed by atoms with Crippen molar-refractivity contribution in [3.63, 3.8) is 0 Å². The Kier molecular flexibility index (Phi) is 2.68. The summed E-state index contributed by atoms with van der Waals surface area (Å²) in [5, 5.41) is 6.20. The Labute approximate surface area is 100 Å². The highest BCUT2D eigenvalue weighted by molar-refractivity contribution is 5.99. The van der Waals surface area contributed by atoms with Crippen LogP contribution in [0.25, 0.3) is 0 Å². The second kappa shape index (κ2) is 4.33. The van der Waals surface area contributed by atoms with Gasteiger partial charge in [-0.15, -0.1) is 0 Å². The number of pyridine rings is 1. The number of hydrogen-bond donors (Lipinski definition) is 2. The summed E-state index contributed by atoms with van der Waals surface area (Å²) < 4.78 is 0. The van der Waals surface area contributed by atoms with E-state index in [-0.39, 0.29) is 5.91 Å². The zero-order valence-electron chi connectivity index (χ0n) is 9.65. The lowest BCUT2D eigenvalue weighted by molar-refractivity contribution is -0.115. The zero-order chi connectivity index (χ0) is 11.7. The van der Waals surface area contributed by atoms with Crippen molar-refractivity contribution in [2.24, 2.45) is 0 Å². The van der Waals surface area contributed by atoms with Gasteiger partial charge in [0.05, 0.1) is 12.2 Å². The highest BCUT2D eigenvalue weighted by Crippen LogP contribution is 2.29. The molecule has 1 saturated heterocycles. The molecule has 1 unspecified atom stereocenters. The molecule has 1 aromatic heterocycles. The fraction of sp³-hybridized carbons (Fsp3) is 0.500. The molecule has 1 atom stereocenters. The molecule has 0 radical (unpaired) electrons. The van der Waals surface area contributed by atoms with Gasteiger partial charge in [-0.1, -0.05) is 0 Å². The van der Waals surface area contributed by atoms with Gasteiger partial charge < -0.3 is 15.5 Å². The van der Waals surface area contributed by atoms with Crippen molar-refractivity contribution < 1.29 is 4.79 Å². The van der Waals surface area contributed by atoms with Crippen molar-refractivity contribution in [3.8, 4) is 0 Å². The van der Waals surface area contributed by atoms with Gasteiger partial charge in [-0.3, -0.25) is 4.79 Å². The number of piperidine rings is 1. The molecule has 2 aliphatic rings. The maximum Gasteiger partial charge on any atom is 0.245 e. The zero-order valence-corrected chi connectivity index (χ0v) is 9.65. The van der Waals surface area contributed by atoms with Crippen LogP contribution in [-0.2, 0) is 4.79 Å². The van der Waals surface area contributed by atoms with E-state index >= 15 is 0 Å². The van der Waals surface area contributed by atoms with Crippen LogP contribution >= 0.6 is 0 Å². The number of carbonyl (C=O) groups is 1. The molecule has 1 amide bonds. The predicted molar refractivity (Wildman–Crippen MR) is 66.1 cm³/mol. The summed E-state index contributed by atoms with van der Waals surface area (Å²) in [4.78, 5) is 18.1. The third-order valence-electron chi connectivity index (χ3n) is 3.38. The maximum absolute atomic E-state index is 11.7. The van der Waals surface area contributed by atoms with Crippen LogP contribution < -0.4 is 15.5 Å². The molecule has 0 aromatic carbocycles. The largest absolute Gasteiger partial charge is 0.355 e. The molecule has 0 spiro atoms. The van der Waals surface area contributed by atoms with Crippen LogP contribution in [0.3, 0.4) is 0 Å². The molecule has 2 N–H and O–H groups in total.